The number of amides is 1. The lowest BCUT2D eigenvalue weighted by atomic mass is 9.74. The van der Waals surface area contributed by atoms with E-state index in [1.165, 1.54) is 5.56 Å². The number of carbonyl (C=O) groups excluding carboxylic acids is 1. The summed E-state index contributed by atoms with van der Waals surface area (Å²) < 4.78 is 31.7. The Morgan fingerprint density at radius 1 is 1.29 bits per heavy atom. The second kappa shape index (κ2) is 7.88. The molecule has 1 amide bonds. The molecule has 2 aliphatic rings. The minimum absolute atomic E-state index is 0.178. The predicted molar refractivity (Wildman–Crippen MR) is 97.1 cm³/mol. The number of alkyl halides is 3. The molecule has 1 aromatic heterocycles. The number of benzene rings is 1. The van der Waals surface area contributed by atoms with E-state index in [0.29, 0.717) is 0 Å². The van der Waals surface area contributed by atoms with Gasteiger partial charge in [-0.2, -0.15) is 13.2 Å². The number of carbonyl (C=O) groups is 2. The third-order valence-electron chi connectivity index (χ3n) is 4.92. The second-order valence-electron chi connectivity index (χ2n) is 6.59. The highest BCUT2D eigenvalue weighted by Crippen LogP contribution is 2.44. The number of para-hydroxylation sites is 1. The van der Waals surface area contributed by atoms with Gasteiger partial charge in [-0.15, -0.1) is 11.3 Å². The minimum Gasteiger partial charge on any atom is -0.475 e. The number of hydrogen-bond donors (Lipinski definition) is 2. The maximum absolute atomic E-state index is 12.5. The normalized spacial score (nSPS) is 18.2. The molecule has 28 heavy (non-hydrogen) atoms. The van der Waals surface area contributed by atoms with Gasteiger partial charge in [0.25, 0.3) is 0 Å². The van der Waals surface area contributed by atoms with Crippen LogP contribution in [0.1, 0.15) is 23.4 Å². The highest BCUT2D eigenvalue weighted by Gasteiger charge is 2.48. The molecule has 1 fully saturated rings. The van der Waals surface area contributed by atoms with Gasteiger partial charge in [-0.1, -0.05) is 18.2 Å². The van der Waals surface area contributed by atoms with E-state index in [0.717, 1.165) is 43.2 Å². The first-order chi connectivity index (χ1) is 13.2. The number of halogens is 3. The molecule has 0 saturated carbocycles. The average Bonchev–Trinajstić information content (AvgIpc) is 3.24. The van der Waals surface area contributed by atoms with Gasteiger partial charge in [0.15, 0.2) is 0 Å². The molecule has 6 nitrogen and oxygen atoms in total. The van der Waals surface area contributed by atoms with Crippen molar-refractivity contribution in [2.45, 2.75) is 31.0 Å². The number of fused-ring (bicyclic) bond motifs is 2. The van der Waals surface area contributed by atoms with E-state index in [2.05, 4.69) is 21.3 Å². The third-order valence-corrected chi connectivity index (χ3v) is 5.68. The Morgan fingerprint density at radius 2 is 1.93 bits per heavy atom. The fraction of sp³-hybridized carbons (Fsp3) is 0.389. The standard InChI is InChI=1S/C16H17N3OS.C2HF3O2/c20-15-16(12-3-1-2-4-13(12)18-15)5-8-19(9-6-16)11-14-17-7-10-21-14;3-2(4,5)1(6)7/h1-4,7,10H,5-6,8-9,11H2,(H,18,20);(H,6,7). The Hall–Kier alpha value is -2.46. The molecule has 3 heterocycles. The Kier molecular flexibility index (Phi) is 5.71. The van der Waals surface area contributed by atoms with Gasteiger partial charge in [-0.25, -0.2) is 9.78 Å². The van der Waals surface area contributed by atoms with Crippen molar-refractivity contribution in [2.75, 3.05) is 18.4 Å². The molecule has 150 valence electrons. The topological polar surface area (TPSA) is 82.5 Å². The number of nitrogens with one attached hydrogen (secondary N) is 1. The number of rotatable bonds is 2. The zero-order chi connectivity index (χ0) is 20.4. The van der Waals surface area contributed by atoms with Crippen molar-refractivity contribution in [1.29, 1.82) is 0 Å². The number of anilines is 1. The van der Waals surface area contributed by atoms with Crippen LogP contribution in [0.5, 0.6) is 0 Å². The summed E-state index contributed by atoms with van der Waals surface area (Å²) in [6.07, 6.45) is -1.45. The predicted octanol–water partition coefficient (Wildman–Crippen LogP) is 3.26. The average molecular weight is 413 g/mol. The largest absolute Gasteiger partial charge is 0.490 e. The van der Waals surface area contributed by atoms with Crippen molar-refractivity contribution in [2.24, 2.45) is 0 Å². The smallest absolute Gasteiger partial charge is 0.475 e. The second-order valence-corrected chi connectivity index (χ2v) is 7.57. The number of carboxylic acid groups (broad SMARTS) is 1. The molecule has 4 rings (SSSR count). The fourth-order valence-corrected chi connectivity index (χ4v) is 4.14. The zero-order valence-electron chi connectivity index (χ0n) is 14.7. The van der Waals surface area contributed by atoms with Crippen LogP contribution in [0.3, 0.4) is 0 Å². The molecule has 0 radical (unpaired) electrons. The lowest BCUT2D eigenvalue weighted by Gasteiger charge is -2.37. The molecule has 10 heteroatoms. The number of aliphatic carboxylic acids is 1. The maximum Gasteiger partial charge on any atom is 0.490 e. The van der Waals surface area contributed by atoms with Crippen LogP contribution in [0.4, 0.5) is 18.9 Å². The van der Waals surface area contributed by atoms with E-state index in [-0.39, 0.29) is 11.3 Å². The van der Waals surface area contributed by atoms with Crippen LogP contribution in [0.2, 0.25) is 0 Å². The fourth-order valence-electron chi connectivity index (χ4n) is 3.49. The van der Waals surface area contributed by atoms with E-state index < -0.39 is 12.1 Å². The molecule has 0 atom stereocenters. The molecule has 1 aromatic carbocycles. The van der Waals surface area contributed by atoms with Crippen molar-refractivity contribution in [3.05, 3.63) is 46.4 Å². The summed E-state index contributed by atoms with van der Waals surface area (Å²) in [5.74, 6) is -2.58. The Balaban J connectivity index is 0.000000279. The lowest BCUT2D eigenvalue weighted by Crippen LogP contribution is -2.46. The first-order valence-electron chi connectivity index (χ1n) is 8.54. The molecule has 1 spiro atoms. The van der Waals surface area contributed by atoms with Crippen LogP contribution >= 0.6 is 11.3 Å². The van der Waals surface area contributed by atoms with Crippen LogP contribution in [0.15, 0.2) is 35.8 Å². The van der Waals surface area contributed by atoms with Crippen molar-refractivity contribution >= 4 is 28.9 Å². The van der Waals surface area contributed by atoms with Crippen LogP contribution in [-0.2, 0) is 21.5 Å². The van der Waals surface area contributed by atoms with Crippen LogP contribution in [0.25, 0.3) is 0 Å². The Bertz CT molecular complexity index is 847. The van der Waals surface area contributed by atoms with Crippen molar-refractivity contribution in [3.63, 3.8) is 0 Å². The van der Waals surface area contributed by atoms with Crippen LogP contribution in [0, 0.1) is 0 Å². The maximum atomic E-state index is 12.5. The van der Waals surface area contributed by atoms with Crippen molar-refractivity contribution in [3.8, 4) is 0 Å². The number of piperidine rings is 1. The lowest BCUT2D eigenvalue weighted by molar-refractivity contribution is -0.192. The Morgan fingerprint density at radius 3 is 2.50 bits per heavy atom. The molecule has 0 bridgehead atoms. The van der Waals surface area contributed by atoms with Gasteiger partial charge < -0.3 is 10.4 Å². The molecule has 2 N–H and O–H groups in total. The van der Waals surface area contributed by atoms with E-state index in [4.69, 9.17) is 9.90 Å². The molecule has 0 unspecified atom stereocenters. The molecular formula is C18H18F3N3O3S. The van der Waals surface area contributed by atoms with E-state index in [1.54, 1.807) is 11.3 Å². The number of nitrogens with zero attached hydrogens (tertiary/aromatic N) is 2. The zero-order valence-corrected chi connectivity index (χ0v) is 15.5. The summed E-state index contributed by atoms with van der Waals surface area (Å²) in [4.78, 5) is 28.1. The molecular weight excluding hydrogens is 395 g/mol. The number of carboxylic acids is 1. The van der Waals surface area contributed by atoms with Crippen molar-refractivity contribution in [1.82, 2.24) is 9.88 Å². The minimum atomic E-state index is -5.08. The van der Waals surface area contributed by atoms with Gasteiger partial charge in [0, 0.05) is 17.3 Å². The highest BCUT2D eigenvalue weighted by molar-refractivity contribution is 7.09. The summed E-state index contributed by atoms with van der Waals surface area (Å²) in [5.41, 5.74) is 1.87. The van der Waals surface area contributed by atoms with Crippen molar-refractivity contribution < 1.29 is 27.9 Å². The van der Waals surface area contributed by atoms with Gasteiger partial charge in [-0.05, 0) is 37.6 Å². The number of likely N-dealkylation sites (tertiary alicyclic amines) is 1. The number of thiazole rings is 1. The molecule has 2 aromatic rings. The monoisotopic (exact) mass is 413 g/mol. The summed E-state index contributed by atoms with van der Waals surface area (Å²) >= 11 is 1.70. The summed E-state index contributed by atoms with van der Waals surface area (Å²) in [6, 6.07) is 8.12. The quantitative estimate of drug-likeness (QED) is 0.790. The SMILES string of the molecule is O=C(O)C(F)(F)F.O=C1Nc2ccccc2C12CCN(Cc1nccs1)CC2. The Labute approximate surface area is 163 Å². The van der Waals surface area contributed by atoms with Gasteiger partial charge in [0.1, 0.15) is 5.01 Å². The first kappa shape index (κ1) is 20.3. The highest BCUT2D eigenvalue weighted by atomic mass is 32.1. The number of hydrogen-bond acceptors (Lipinski definition) is 5. The van der Waals surface area contributed by atoms with Crippen LogP contribution in [-0.4, -0.2) is 46.1 Å². The van der Waals surface area contributed by atoms with Gasteiger partial charge in [-0.3, -0.25) is 9.69 Å². The summed E-state index contributed by atoms with van der Waals surface area (Å²) in [5, 5.41) is 13.3. The summed E-state index contributed by atoms with van der Waals surface area (Å²) in [6.45, 7) is 2.79. The van der Waals surface area contributed by atoms with Gasteiger partial charge >= 0.3 is 12.1 Å². The summed E-state index contributed by atoms with van der Waals surface area (Å²) in [7, 11) is 0. The first-order valence-corrected chi connectivity index (χ1v) is 9.42. The molecule has 0 aliphatic carbocycles. The van der Waals surface area contributed by atoms with Gasteiger partial charge in [0.2, 0.25) is 5.91 Å². The van der Waals surface area contributed by atoms with E-state index in [9.17, 15) is 18.0 Å². The third kappa shape index (κ3) is 4.17. The van der Waals surface area contributed by atoms with Crippen LogP contribution < -0.4 is 5.32 Å². The number of aromatic nitrogens is 1. The van der Waals surface area contributed by atoms with Gasteiger partial charge in [0.05, 0.1) is 12.0 Å². The molecule has 2 aliphatic heterocycles. The van der Waals surface area contributed by atoms with E-state index in [1.807, 2.05) is 29.8 Å². The molecule has 1 saturated heterocycles. The van der Waals surface area contributed by atoms with E-state index >= 15 is 0 Å².